The largest absolute Gasteiger partial charge is 0.276 e. The normalized spacial score (nSPS) is 11.8. The third kappa shape index (κ3) is 4.01. The summed E-state index contributed by atoms with van der Waals surface area (Å²) in [5.41, 5.74) is 1.26. The summed E-state index contributed by atoms with van der Waals surface area (Å²) in [6.07, 6.45) is 1.28. The Hall–Kier alpha value is -2.10. The number of pyridine rings is 1. The zero-order chi connectivity index (χ0) is 17.3. The molecule has 0 amide bonds. The number of aromatic nitrogens is 1. The molecule has 0 fully saturated rings. The number of halogens is 1. The highest BCUT2D eigenvalue weighted by Gasteiger charge is 2.19. The summed E-state index contributed by atoms with van der Waals surface area (Å²) in [4.78, 5) is 3.90. The summed E-state index contributed by atoms with van der Waals surface area (Å²) in [6.45, 7) is 6.15. The van der Waals surface area contributed by atoms with Crippen molar-refractivity contribution in [3.8, 4) is 6.07 Å². The first-order valence-electron chi connectivity index (χ1n) is 6.82. The Kier molecular flexibility index (Phi) is 4.64. The monoisotopic (exact) mass is 349 g/mol. The van der Waals surface area contributed by atoms with Gasteiger partial charge in [0.25, 0.3) is 10.0 Å². The highest BCUT2D eigenvalue weighted by Crippen LogP contribution is 2.26. The number of benzene rings is 1. The lowest BCUT2D eigenvalue weighted by molar-refractivity contribution is 0.587. The molecule has 1 aromatic heterocycles. The molecule has 1 aromatic carbocycles. The van der Waals surface area contributed by atoms with Crippen molar-refractivity contribution in [1.29, 1.82) is 5.26 Å². The Morgan fingerprint density at radius 2 is 1.83 bits per heavy atom. The van der Waals surface area contributed by atoms with Crippen LogP contribution in [0.4, 0.5) is 5.69 Å². The summed E-state index contributed by atoms with van der Waals surface area (Å²) in [7, 11) is -3.81. The zero-order valence-electron chi connectivity index (χ0n) is 13.0. The van der Waals surface area contributed by atoms with Gasteiger partial charge in [-0.25, -0.2) is 13.4 Å². The quantitative estimate of drug-likeness (QED) is 0.856. The van der Waals surface area contributed by atoms with Crippen molar-refractivity contribution >= 4 is 27.3 Å². The maximum atomic E-state index is 12.4. The molecule has 120 valence electrons. The van der Waals surface area contributed by atoms with E-state index in [1.807, 2.05) is 26.8 Å². The molecule has 0 spiro atoms. The molecular formula is C16H16ClN3O2S. The summed E-state index contributed by atoms with van der Waals surface area (Å²) < 4.78 is 27.2. The predicted molar refractivity (Wildman–Crippen MR) is 89.9 cm³/mol. The van der Waals surface area contributed by atoms with E-state index in [2.05, 4.69) is 9.71 Å². The molecular weight excluding hydrogens is 334 g/mol. The third-order valence-corrected chi connectivity index (χ3v) is 4.93. The molecule has 0 saturated carbocycles. The van der Waals surface area contributed by atoms with Crippen molar-refractivity contribution < 1.29 is 8.42 Å². The highest BCUT2D eigenvalue weighted by atomic mass is 35.5. The average Bonchev–Trinajstić information content (AvgIpc) is 2.48. The molecule has 7 heteroatoms. The van der Waals surface area contributed by atoms with Crippen molar-refractivity contribution in [3.05, 3.63) is 52.8 Å². The van der Waals surface area contributed by atoms with Gasteiger partial charge in [0.1, 0.15) is 6.07 Å². The topological polar surface area (TPSA) is 82.9 Å². The van der Waals surface area contributed by atoms with Crippen LogP contribution in [0.25, 0.3) is 0 Å². The fourth-order valence-electron chi connectivity index (χ4n) is 1.92. The van der Waals surface area contributed by atoms with E-state index < -0.39 is 10.0 Å². The van der Waals surface area contributed by atoms with Gasteiger partial charge in [0.05, 0.1) is 16.1 Å². The highest BCUT2D eigenvalue weighted by molar-refractivity contribution is 7.92. The van der Waals surface area contributed by atoms with Crippen LogP contribution in [0.1, 0.15) is 31.9 Å². The number of hydrogen-bond donors (Lipinski definition) is 1. The maximum Gasteiger partial charge on any atom is 0.261 e. The second-order valence-electron chi connectivity index (χ2n) is 6.05. The minimum absolute atomic E-state index is 0.0149. The smallest absolute Gasteiger partial charge is 0.261 e. The zero-order valence-corrected chi connectivity index (χ0v) is 14.5. The summed E-state index contributed by atoms with van der Waals surface area (Å²) in [6, 6.07) is 9.87. The second kappa shape index (κ2) is 6.19. The van der Waals surface area contributed by atoms with Crippen molar-refractivity contribution in [2.45, 2.75) is 31.1 Å². The summed E-state index contributed by atoms with van der Waals surface area (Å²) >= 11 is 5.88. The lowest BCUT2D eigenvalue weighted by Gasteiger charge is -2.19. The SMILES string of the molecule is CC(C)(C)c1ccc(S(=O)(=O)Nc2cc(C#N)cnc2Cl)cc1. The number of nitrogens with zero attached hydrogens (tertiary/aromatic N) is 2. The van der Waals surface area contributed by atoms with E-state index in [4.69, 9.17) is 16.9 Å². The second-order valence-corrected chi connectivity index (χ2v) is 8.09. The summed E-state index contributed by atoms with van der Waals surface area (Å²) in [5, 5.41) is 8.85. The van der Waals surface area contributed by atoms with E-state index in [0.29, 0.717) is 0 Å². The molecule has 1 heterocycles. The average molecular weight is 350 g/mol. The van der Waals surface area contributed by atoms with Crippen molar-refractivity contribution in [3.63, 3.8) is 0 Å². The van der Waals surface area contributed by atoms with Crippen LogP contribution in [-0.2, 0) is 15.4 Å². The first-order valence-corrected chi connectivity index (χ1v) is 8.68. The third-order valence-electron chi connectivity index (χ3n) is 3.24. The lowest BCUT2D eigenvalue weighted by atomic mass is 9.87. The van der Waals surface area contributed by atoms with Crippen molar-refractivity contribution in [1.82, 2.24) is 4.98 Å². The summed E-state index contributed by atoms with van der Waals surface area (Å²) in [5.74, 6) is 0. The van der Waals surface area contributed by atoms with Gasteiger partial charge in [-0.05, 0) is 29.2 Å². The number of rotatable bonds is 3. The Labute approximate surface area is 141 Å². The van der Waals surface area contributed by atoms with Gasteiger partial charge in [-0.2, -0.15) is 5.26 Å². The van der Waals surface area contributed by atoms with E-state index in [1.165, 1.54) is 12.3 Å². The number of sulfonamides is 1. The van der Waals surface area contributed by atoms with Crippen LogP contribution in [0.2, 0.25) is 5.15 Å². The molecule has 0 aliphatic rings. The Morgan fingerprint density at radius 3 is 2.35 bits per heavy atom. The molecule has 5 nitrogen and oxygen atoms in total. The van der Waals surface area contributed by atoms with Gasteiger partial charge in [0.2, 0.25) is 0 Å². The predicted octanol–water partition coefficient (Wildman–Crippen LogP) is 3.70. The van der Waals surface area contributed by atoms with Crippen LogP contribution in [0, 0.1) is 11.3 Å². The Balaban J connectivity index is 2.35. The molecule has 0 atom stereocenters. The van der Waals surface area contributed by atoms with Crippen LogP contribution in [0.5, 0.6) is 0 Å². The molecule has 0 saturated heterocycles. The molecule has 0 radical (unpaired) electrons. The first-order chi connectivity index (χ1) is 10.6. The van der Waals surface area contributed by atoms with Gasteiger partial charge in [-0.3, -0.25) is 4.72 Å². The molecule has 0 aliphatic heterocycles. The Bertz CT molecular complexity index is 864. The molecule has 23 heavy (non-hydrogen) atoms. The lowest BCUT2D eigenvalue weighted by Crippen LogP contribution is -2.15. The van der Waals surface area contributed by atoms with E-state index >= 15 is 0 Å². The molecule has 2 aromatic rings. The van der Waals surface area contributed by atoms with Gasteiger partial charge in [0, 0.05) is 6.20 Å². The van der Waals surface area contributed by atoms with E-state index in [-0.39, 0.29) is 26.7 Å². The van der Waals surface area contributed by atoms with Crippen molar-refractivity contribution in [2.24, 2.45) is 0 Å². The number of hydrogen-bond acceptors (Lipinski definition) is 4. The van der Waals surface area contributed by atoms with Crippen molar-refractivity contribution in [2.75, 3.05) is 4.72 Å². The number of nitrogens with one attached hydrogen (secondary N) is 1. The van der Waals surface area contributed by atoms with Gasteiger partial charge in [-0.1, -0.05) is 44.5 Å². The van der Waals surface area contributed by atoms with Crippen LogP contribution in [0.3, 0.4) is 0 Å². The van der Waals surface area contributed by atoms with Gasteiger partial charge in [-0.15, -0.1) is 0 Å². The first kappa shape index (κ1) is 17.3. The van der Waals surface area contributed by atoms with Crippen LogP contribution in [-0.4, -0.2) is 13.4 Å². The molecule has 0 bridgehead atoms. The maximum absolute atomic E-state index is 12.4. The van der Waals surface area contributed by atoms with Gasteiger partial charge in [0.15, 0.2) is 5.15 Å². The van der Waals surface area contributed by atoms with E-state index in [9.17, 15) is 8.42 Å². The van der Waals surface area contributed by atoms with Crippen LogP contribution < -0.4 is 4.72 Å². The van der Waals surface area contributed by atoms with Gasteiger partial charge < -0.3 is 0 Å². The minimum atomic E-state index is -3.81. The van der Waals surface area contributed by atoms with Crippen LogP contribution in [0.15, 0.2) is 41.4 Å². The minimum Gasteiger partial charge on any atom is -0.276 e. The molecule has 1 N–H and O–H groups in total. The Morgan fingerprint density at radius 1 is 1.22 bits per heavy atom. The fraction of sp³-hybridized carbons (Fsp3) is 0.250. The molecule has 0 unspecified atom stereocenters. The van der Waals surface area contributed by atoms with Crippen LogP contribution >= 0.6 is 11.6 Å². The van der Waals surface area contributed by atoms with E-state index in [0.717, 1.165) is 5.56 Å². The van der Waals surface area contributed by atoms with E-state index in [1.54, 1.807) is 24.3 Å². The molecule has 0 aliphatic carbocycles. The van der Waals surface area contributed by atoms with Gasteiger partial charge >= 0.3 is 0 Å². The number of anilines is 1. The standard InChI is InChI=1S/C16H16ClN3O2S/c1-16(2,3)12-4-6-13(7-5-12)23(21,22)20-14-8-11(9-18)10-19-15(14)17/h4-8,10,20H,1-3H3. The molecule has 2 rings (SSSR count). The fourth-order valence-corrected chi connectivity index (χ4v) is 3.18. The number of nitriles is 1.